The molecule has 2 saturated heterocycles. The number of nitrogens with zero attached hydrogens (tertiary/aromatic N) is 1. The molecule has 0 radical (unpaired) electrons. The molecule has 2 heterocycles. The predicted molar refractivity (Wildman–Crippen MR) is 100 cm³/mol. The molecule has 0 unspecified atom stereocenters. The van der Waals surface area contributed by atoms with Crippen LogP contribution in [0, 0.1) is 0 Å². The lowest BCUT2D eigenvalue weighted by molar-refractivity contribution is -0.925. The van der Waals surface area contributed by atoms with Crippen LogP contribution in [0.15, 0.2) is 24.3 Å². The molecule has 6 nitrogen and oxygen atoms in total. The number of ether oxygens (including phenoxy) is 1. The molecule has 0 bridgehead atoms. The summed E-state index contributed by atoms with van der Waals surface area (Å²) >= 11 is 0. The van der Waals surface area contributed by atoms with Crippen LogP contribution in [0.3, 0.4) is 0 Å². The van der Waals surface area contributed by atoms with Gasteiger partial charge in [0, 0.05) is 12.0 Å². The smallest absolute Gasteiger partial charge is 0.254 e. The van der Waals surface area contributed by atoms with E-state index in [4.69, 9.17) is 4.74 Å². The van der Waals surface area contributed by atoms with Crippen molar-refractivity contribution in [1.82, 2.24) is 4.90 Å². The first-order valence-corrected chi connectivity index (χ1v) is 11.2. The molecule has 1 aromatic rings. The van der Waals surface area contributed by atoms with E-state index < -0.39 is 9.84 Å². The SMILES string of the molecule is CC(C)OCc1ccc(C(=O)N2CC[NH+]([C@@H]3CCS(=O)(=O)C3)CC2)cc1. The summed E-state index contributed by atoms with van der Waals surface area (Å²) in [7, 11) is -2.84. The quantitative estimate of drug-likeness (QED) is 0.788. The molecular formula is C19H29N2O4S+. The number of hydrogen-bond acceptors (Lipinski definition) is 4. The number of amides is 1. The average molecular weight is 382 g/mol. The highest BCUT2D eigenvalue weighted by Crippen LogP contribution is 2.12. The number of hydrogen-bond donors (Lipinski definition) is 1. The van der Waals surface area contributed by atoms with E-state index in [0.29, 0.717) is 36.8 Å². The zero-order valence-corrected chi connectivity index (χ0v) is 16.4. The normalized spacial score (nSPS) is 23.5. The molecule has 2 fully saturated rings. The minimum Gasteiger partial charge on any atom is -0.374 e. The van der Waals surface area contributed by atoms with E-state index >= 15 is 0 Å². The van der Waals surface area contributed by atoms with Crippen LogP contribution in [-0.2, 0) is 21.2 Å². The van der Waals surface area contributed by atoms with Gasteiger partial charge in [0.1, 0.15) is 11.8 Å². The molecule has 0 aromatic heterocycles. The van der Waals surface area contributed by atoms with Gasteiger partial charge in [-0.1, -0.05) is 12.1 Å². The number of benzene rings is 1. The van der Waals surface area contributed by atoms with Gasteiger partial charge in [-0.15, -0.1) is 0 Å². The predicted octanol–water partition coefficient (Wildman–Crippen LogP) is 0.139. The van der Waals surface area contributed by atoms with Gasteiger partial charge in [0.05, 0.1) is 44.6 Å². The van der Waals surface area contributed by atoms with E-state index in [9.17, 15) is 13.2 Å². The minimum absolute atomic E-state index is 0.0550. The Morgan fingerprint density at radius 1 is 1.23 bits per heavy atom. The minimum atomic E-state index is -2.84. The lowest BCUT2D eigenvalue weighted by Gasteiger charge is -2.35. The van der Waals surface area contributed by atoms with Gasteiger partial charge >= 0.3 is 0 Å². The maximum Gasteiger partial charge on any atom is 0.254 e. The lowest BCUT2D eigenvalue weighted by Crippen LogP contribution is -3.18. The van der Waals surface area contributed by atoms with Crippen LogP contribution < -0.4 is 4.90 Å². The summed E-state index contributed by atoms with van der Waals surface area (Å²) in [4.78, 5) is 15.9. The molecule has 3 rings (SSSR count). The van der Waals surface area contributed by atoms with E-state index in [1.165, 1.54) is 4.90 Å². The fourth-order valence-corrected chi connectivity index (χ4v) is 5.54. The Morgan fingerprint density at radius 2 is 1.88 bits per heavy atom. The van der Waals surface area contributed by atoms with Crippen LogP contribution >= 0.6 is 0 Å². The maximum atomic E-state index is 12.7. The van der Waals surface area contributed by atoms with Crippen molar-refractivity contribution in [2.75, 3.05) is 37.7 Å². The maximum absolute atomic E-state index is 12.7. The van der Waals surface area contributed by atoms with Gasteiger partial charge in [0.2, 0.25) is 0 Å². The van der Waals surface area contributed by atoms with Crippen molar-refractivity contribution in [3.05, 3.63) is 35.4 Å². The molecule has 2 aliphatic rings. The third-order valence-corrected chi connectivity index (χ3v) is 7.05. The lowest BCUT2D eigenvalue weighted by atomic mass is 10.1. The molecule has 7 heteroatoms. The Labute approximate surface area is 156 Å². The van der Waals surface area contributed by atoms with Gasteiger partial charge in [-0.2, -0.15) is 0 Å². The van der Waals surface area contributed by atoms with Gasteiger partial charge in [-0.05, 0) is 31.5 Å². The summed E-state index contributed by atoms with van der Waals surface area (Å²) in [6, 6.07) is 7.83. The third-order valence-electron chi connectivity index (χ3n) is 5.29. The van der Waals surface area contributed by atoms with E-state index in [-0.39, 0.29) is 18.1 Å². The van der Waals surface area contributed by atoms with Crippen molar-refractivity contribution in [1.29, 1.82) is 0 Å². The second-order valence-electron chi connectivity index (χ2n) is 7.61. The van der Waals surface area contributed by atoms with Gasteiger partial charge in [0.15, 0.2) is 9.84 Å². The van der Waals surface area contributed by atoms with Crippen LogP contribution in [0.1, 0.15) is 36.2 Å². The van der Waals surface area contributed by atoms with Crippen molar-refractivity contribution in [2.45, 2.75) is 39.0 Å². The van der Waals surface area contributed by atoms with Crippen molar-refractivity contribution >= 4 is 15.7 Å². The topological polar surface area (TPSA) is 68.1 Å². The highest BCUT2D eigenvalue weighted by atomic mass is 32.2. The Hall–Kier alpha value is -1.44. The summed E-state index contributed by atoms with van der Waals surface area (Å²) in [5, 5.41) is 0. The number of sulfone groups is 1. The number of carbonyl (C=O) groups is 1. The van der Waals surface area contributed by atoms with Crippen LogP contribution in [0.25, 0.3) is 0 Å². The van der Waals surface area contributed by atoms with Crippen molar-refractivity contribution < 1.29 is 22.8 Å². The first kappa shape index (κ1) is 19.3. The zero-order valence-electron chi connectivity index (χ0n) is 15.6. The first-order valence-electron chi connectivity index (χ1n) is 9.39. The second kappa shape index (κ2) is 8.06. The number of nitrogens with one attached hydrogen (secondary N) is 1. The number of rotatable bonds is 5. The summed E-state index contributed by atoms with van der Waals surface area (Å²) in [5.74, 6) is 0.673. The third kappa shape index (κ3) is 4.84. The average Bonchev–Trinajstić information content (AvgIpc) is 3.00. The fraction of sp³-hybridized carbons (Fsp3) is 0.632. The Bertz CT molecular complexity index is 722. The molecule has 26 heavy (non-hydrogen) atoms. The molecule has 1 amide bonds. The van der Waals surface area contributed by atoms with E-state index in [2.05, 4.69) is 0 Å². The van der Waals surface area contributed by atoms with Gasteiger partial charge in [-0.25, -0.2) is 8.42 Å². The molecule has 144 valence electrons. The summed E-state index contributed by atoms with van der Waals surface area (Å²) in [6.45, 7) is 7.57. The van der Waals surface area contributed by atoms with Crippen LogP contribution in [0.2, 0.25) is 0 Å². The highest BCUT2D eigenvalue weighted by Gasteiger charge is 2.37. The Balaban J connectivity index is 1.52. The van der Waals surface area contributed by atoms with Crippen LogP contribution in [0.4, 0.5) is 0 Å². The van der Waals surface area contributed by atoms with Crippen molar-refractivity contribution in [3.8, 4) is 0 Å². The summed E-state index contributed by atoms with van der Waals surface area (Å²) in [6.07, 6.45) is 0.941. The molecule has 1 N–H and O–H groups in total. The molecule has 1 atom stereocenters. The largest absolute Gasteiger partial charge is 0.374 e. The van der Waals surface area contributed by atoms with E-state index in [1.54, 1.807) is 0 Å². The molecule has 1 aromatic carbocycles. The van der Waals surface area contributed by atoms with Crippen molar-refractivity contribution in [3.63, 3.8) is 0 Å². The first-order chi connectivity index (χ1) is 12.3. The number of carbonyl (C=O) groups excluding carboxylic acids is 1. The van der Waals surface area contributed by atoms with Gasteiger partial charge in [0.25, 0.3) is 5.91 Å². The summed E-state index contributed by atoms with van der Waals surface area (Å²) in [5.41, 5.74) is 1.76. The highest BCUT2D eigenvalue weighted by molar-refractivity contribution is 7.91. The molecular weight excluding hydrogens is 352 g/mol. The molecule has 0 saturated carbocycles. The van der Waals surface area contributed by atoms with Crippen molar-refractivity contribution in [2.24, 2.45) is 0 Å². The summed E-state index contributed by atoms with van der Waals surface area (Å²) < 4.78 is 28.9. The number of piperazine rings is 1. The fourth-order valence-electron chi connectivity index (χ4n) is 3.71. The van der Waals surface area contributed by atoms with E-state index in [0.717, 1.165) is 25.1 Å². The van der Waals surface area contributed by atoms with Gasteiger partial charge in [-0.3, -0.25) is 4.79 Å². The monoisotopic (exact) mass is 381 g/mol. The molecule has 2 aliphatic heterocycles. The van der Waals surface area contributed by atoms with Gasteiger partial charge < -0.3 is 14.5 Å². The Morgan fingerprint density at radius 3 is 2.42 bits per heavy atom. The molecule has 0 spiro atoms. The van der Waals surface area contributed by atoms with Crippen LogP contribution in [-0.4, -0.2) is 69.1 Å². The Kier molecular flexibility index (Phi) is 5.99. The zero-order chi connectivity index (χ0) is 18.7. The van der Waals surface area contributed by atoms with E-state index in [1.807, 2.05) is 43.0 Å². The standard InChI is InChI=1S/C19H28N2O4S/c1-15(2)25-13-16-3-5-17(6-4-16)19(22)21-10-8-20(9-11-21)18-7-12-26(23,24)14-18/h3-6,15,18H,7-14H2,1-2H3/p+1/t18-/m1/s1. The number of quaternary nitrogens is 1. The molecule has 0 aliphatic carbocycles. The van der Waals surface area contributed by atoms with Crippen LogP contribution in [0.5, 0.6) is 0 Å². The second-order valence-corrected chi connectivity index (χ2v) is 9.84.